The minimum atomic E-state index is -0.495. The fourth-order valence-electron chi connectivity index (χ4n) is 6.50. The Morgan fingerprint density at radius 2 is 0.700 bits per heavy atom. The second kappa shape index (κ2) is 29.9. The fraction of sp³-hybridized carbons (Fsp3) is 0.974. The van der Waals surface area contributed by atoms with E-state index in [9.17, 15) is 9.90 Å². The summed E-state index contributed by atoms with van der Waals surface area (Å²) in [5, 5.41) is 10.4. The van der Waals surface area contributed by atoms with Crippen molar-refractivity contribution >= 4 is 5.97 Å². The third-order valence-corrected chi connectivity index (χ3v) is 9.41. The maximum absolute atomic E-state index is 12.6. The molecule has 2 nitrogen and oxygen atoms in total. The van der Waals surface area contributed by atoms with Crippen LogP contribution in [0.15, 0.2) is 0 Å². The number of hydrogen-bond acceptors (Lipinski definition) is 1. The Balaban J connectivity index is 4.26. The maximum Gasteiger partial charge on any atom is 0.309 e. The SMILES string of the molecule is CCCCCCCCCCCCC(CCCCCCCC)(CCCCCCCCCCCCCC(C)C)C(=O)O. The molecule has 0 aliphatic rings. The second-order valence-electron chi connectivity index (χ2n) is 13.9. The summed E-state index contributed by atoms with van der Waals surface area (Å²) in [6.45, 7) is 9.20. The van der Waals surface area contributed by atoms with E-state index in [1.54, 1.807) is 0 Å². The Labute approximate surface area is 253 Å². The molecule has 0 aromatic rings. The van der Waals surface area contributed by atoms with Gasteiger partial charge in [-0.2, -0.15) is 0 Å². The summed E-state index contributed by atoms with van der Waals surface area (Å²) in [4.78, 5) is 12.6. The van der Waals surface area contributed by atoms with Crippen LogP contribution in [0.1, 0.15) is 227 Å². The smallest absolute Gasteiger partial charge is 0.309 e. The summed E-state index contributed by atoms with van der Waals surface area (Å²) in [5.74, 6) is 0.362. The van der Waals surface area contributed by atoms with Gasteiger partial charge in [-0.3, -0.25) is 4.79 Å². The number of carboxylic acid groups (broad SMARTS) is 1. The Bertz CT molecular complexity index is 514. The lowest BCUT2D eigenvalue weighted by Crippen LogP contribution is -2.31. The number of carboxylic acids is 1. The Hall–Kier alpha value is -0.530. The average molecular weight is 565 g/mol. The highest BCUT2D eigenvalue weighted by Crippen LogP contribution is 2.38. The molecule has 0 heterocycles. The van der Waals surface area contributed by atoms with E-state index < -0.39 is 11.4 Å². The molecule has 0 aliphatic heterocycles. The number of rotatable bonds is 33. The first-order valence-corrected chi connectivity index (χ1v) is 18.7. The van der Waals surface area contributed by atoms with Crippen molar-refractivity contribution in [1.82, 2.24) is 0 Å². The van der Waals surface area contributed by atoms with Crippen LogP contribution in [0.4, 0.5) is 0 Å². The van der Waals surface area contributed by atoms with Crippen LogP contribution < -0.4 is 0 Å². The molecule has 0 radical (unpaired) electrons. The molecule has 2 heteroatoms. The topological polar surface area (TPSA) is 37.3 Å². The largest absolute Gasteiger partial charge is 0.481 e. The molecule has 1 atom stereocenters. The molecule has 0 amide bonds. The van der Waals surface area contributed by atoms with Gasteiger partial charge in [0.05, 0.1) is 5.41 Å². The zero-order chi connectivity index (χ0) is 29.6. The van der Waals surface area contributed by atoms with E-state index in [2.05, 4.69) is 27.7 Å². The van der Waals surface area contributed by atoms with Crippen LogP contribution in [0.25, 0.3) is 0 Å². The number of hydrogen-bond donors (Lipinski definition) is 1. The molecule has 1 unspecified atom stereocenters. The normalized spacial score (nSPS) is 13.2. The fourth-order valence-corrected chi connectivity index (χ4v) is 6.50. The molecule has 0 bridgehead atoms. The highest BCUT2D eigenvalue weighted by Gasteiger charge is 2.36. The van der Waals surface area contributed by atoms with E-state index in [1.165, 1.54) is 161 Å². The van der Waals surface area contributed by atoms with Crippen molar-refractivity contribution in [2.75, 3.05) is 0 Å². The summed E-state index contributed by atoms with van der Waals surface area (Å²) in [5.41, 5.74) is -0.458. The predicted octanol–water partition coefficient (Wildman–Crippen LogP) is 13.8. The minimum absolute atomic E-state index is 0.458. The van der Waals surface area contributed by atoms with Gasteiger partial charge in [0.25, 0.3) is 0 Å². The van der Waals surface area contributed by atoms with Gasteiger partial charge in [-0.05, 0) is 25.2 Å². The molecule has 0 aliphatic carbocycles. The lowest BCUT2D eigenvalue weighted by molar-refractivity contribution is -0.150. The van der Waals surface area contributed by atoms with Gasteiger partial charge >= 0.3 is 5.97 Å². The molecule has 0 fully saturated rings. The van der Waals surface area contributed by atoms with Crippen molar-refractivity contribution in [2.24, 2.45) is 11.3 Å². The van der Waals surface area contributed by atoms with Crippen LogP contribution in [-0.2, 0) is 4.79 Å². The molecule has 240 valence electrons. The van der Waals surface area contributed by atoms with Crippen molar-refractivity contribution in [3.8, 4) is 0 Å². The molecular weight excluding hydrogens is 488 g/mol. The summed E-state index contributed by atoms with van der Waals surface area (Å²) in [6.07, 6.45) is 39.6. The molecule has 0 saturated carbocycles. The number of aliphatic carboxylic acids is 1. The molecule has 0 saturated heterocycles. The van der Waals surface area contributed by atoms with Gasteiger partial charge in [0.2, 0.25) is 0 Å². The summed E-state index contributed by atoms with van der Waals surface area (Å²) in [6, 6.07) is 0. The van der Waals surface area contributed by atoms with E-state index in [1.807, 2.05) is 0 Å². The standard InChI is InChI=1S/C38H76O2/c1-5-7-9-11-13-14-19-22-26-30-34-38(37(39)40,33-29-25-12-10-8-6-2)35-31-27-23-20-17-15-16-18-21-24-28-32-36(3)4/h36H,5-35H2,1-4H3,(H,39,40). The molecule has 0 aromatic carbocycles. The lowest BCUT2D eigenvalue weighted by atomic mass is 9.74. The van der Waals surface area contributed by atoms with Crippen LogP contribution in [0.2, 0.25) is 0 Å². The van der Waals surface area contributed by atoms with Gasteiger partial charge < -0.3 is 5.11 Å². The van der Waals surface area contributed by atoms with E-state index >= 15 is 0 Å². The highest BCUT2D eigenvalue weighted by atomic mass is 16.4. The lowest BCUT2D eigenvalue weighted by Gasteiger charge is -2.30. The van der Waals surface area contributed by atoms with Crippen LogP contribution >= 0.6 is 0 Å². The van der Waals surface area contributed by atoms with E-state index in [-0.39, 0.29) is 0 Å². The van der Waals surface area contributed by atoms with Gasteiger partial charge in [0.15, 0.2) is 0 Å². The van der Waals surface area contributed by atoms with Crippen molar-refractivity contribution in [2.45, 2.75) is 227 Å². The first-order chi connectivity index (χ1) is 19.5. The van der Waals surface area contributed by atoms with E-state index in [4.69, 9.17) is 0 Å². The molecule has 0 rings (SSSR count). The monoisotopic (exact) mass is 565 g/mol. The summed E-state index contributed by atoms with van der Waals surface area (Å²) < 4.78 is 0. The van der Waals surface area contributed by atoms with Gasteiger partial charge in [0.1, 0.15) is 0 Å². The van der Waals surface area contributed by atoms with Gasteiger partial charge in [-0.25, -0.2) is 0 Å². The second-order valence-corrected chi connectivity index (χ2v) is 13.9. The van der Waals surface area contributed by atoms with E-state index in [0.29, 0.717) is 0 Å². The predicted molar refractivity (Wildman–Crippen MR) is 179 cm³/mol. The van der Waals surface area contributed by atoms with Crippen LogP contribution in [-0.4, -0.2) is 11.1 Å². The third kappa shape index (κ3) is 25.2. The first kappa shape index (κ1) is 39.5. The Morgan fingerprint density at radius 1 is 0.450 bits per heavy atom. The van der Waals surface area contributed by atoms with Crippen molar-refractivity contribution in [3.05, 3.63) is 0 Å². The molecule has 0 aromatic heterocycles. The summed E-state index contributed by atoms with van der Waals surface area (Å²) in [7, 11) is 0. The average Bonchev–Trinajstić information content (AvgIpc) is 2.93. The van der Waals surface area contributed by atoms with Crippen LogP contribution in [0.3, 0.4) is 0 Å². The van der Waals surface area contributed by atoms with Gasteiger partial charge in [-0.1, -0.05) is 207 Å². The molecule has 40 heavy (non-hydrogen) atoms. The van der Waals surface area contributed by atoms with Gasteiger partial charge in [0, 0.05) is 0 Å². The van der Waals surface area contributed by atoms with E-state index in [0.717, 1.165) is 44.4 Å². The molecular formula is C38H76O2. The minimum Gasteiger partial charge on any atom is -0.481 e. The number of carbonyl (C=O) groups is 1. The van der Waals surface area contributed by atoms with Crippen molar-refractivity contribution in [1.29, 1.82) is 0 Å². The van der Waals surface area contributed by atoms with Crippen molar-refractivity contribution in [3.63, 3.8) is 0 Å². The summed E-state index contributed by atoms with van der Waals surface area (Å²) >= 11 is 0. The highest BCUT2D eigenvalue weighted by molar-refractivity contribution is 5.74. The number of unbranched alkanes of at least 4 members (excludes halogenated alkanes) is 24. The first-order valence-electron chi connectivity index (χ1n) is 18.7. The van der Waals surface area contributed by atoms with Gasteiger partial charge in [-0.15, -0.1) is 0 Å². The van der Waals surface area contributed by atoms with Crippen LogP contribution in [0.5, 0.6) is 0 Å². The van der Waals surface area contributed by atoms with Crippen molar-refractivity contribution < 1.29 is 9.90 Å². The Kier molecular flexibility index (Phi) is 29.5. The zero-order valence-electron chi connectivity index (χ0n) is 28.4. The third-order valence-electron chi connectivity index (χ3n) is 9.41. The quantitative estimate of drug-likeness (QED) is 0.0805. The Morgan fingerprint density at radius 3 is 0.950 bits per heavy atom. The molecule has 1 N–H and O–H groups in total. The molecule has 0 spiro atoms. The zero-order valence-corrected chi connectivity index (χ0v) is 28.4. The maximum atomic E-state index is 12.6. The van der Waals surface area contributed by atoms with Crippen LogP contribution in [0, 0.1) is 11.3 Å².